The maximum Gasteiger partial charge on any atom is 0.128 e. The van der Waals surface area contributed by atoms with Crippen LogP contribution < -0.4 is 5.32 Å². The SMILES string of the molecule is Cc1cncc2cccc(S(=O)N3CC[C@@H]4NCC[C@@H]43)c12. The lowest BCUT2D eigenvalue weighted by Crippen LogP contribution is -2.35. The Morgan fingerprint density at radius 1 is 1.33 bits per heavy atom. The average Bonchev–Trinajstić information content (AvgIpc) is 3.09. The van der Waals surface area contributed by atoms with Gasteiger partial charge in [0.15, 0.2) is 0 Å². The van der Waals surface area contributed by atoms with E-state index in [0.29, 0.717) is 12.1 Å². The van der Waals surface area contributed by atoms with Crippen LogP contribution in [-0.2, 0) is 11.0 Å². The fraction of sp³-hybridized carbons (Fsp3) is 0.438. The number of fused-ring (bicyclic) bond motifs is 2. The number of aromatic nitrogens is 1. The smallest absolute Gasteiger partial charge is 0.128 e. The molecule has 1 aromatic heterocycles. The third-order valence-electron chi connectivity index (χ3n) is 4.68. The van der Waals surface area contributed by atoms with Crippen molar-refractivity contribution in [1.82, 2.24) is 14.6 Å². The van der Waals surface area contributed by atoms with Gasteiger partial charge in [0.05, 0.1) is 4.90 Å². The molecule has 110 valence electrons. The minimum Gasteiger partial charge on any atom is -0.312 e. The molecule has 5 heteroatoms. The lowest BCUT2D eigenvalue weighted by atomic mass is 10.1. The van der Waals surface area contributed by atoms with Crippen LogP contribution in [0.2, 0.25) is 0 Å². The Labute approximate surface area is 127 Å². The first-order valence-electron chi connectivity index (χ1n) is 7.51. The molecule has 2 aliphatic rings. The molecule has 3 atom stereocenters. The van der Waals surface area contributed by atoms with Gasteiger partial charge < -0.3 is 5.32 Å². The van der Waals surface area contributed by atoms with Crippen LogP contribution in [0.3, 0.4) is 0 Å². The lowest BCUT2D eigenvalue weighted by Gasteiger charge is -2.22. The zero-order valence-corrected chi connectivity index (χ0v) is 12.9. The molecule has 4 rings (SSSR count). The summed E-state index contributed by atoms with van der Waals surface area (Å²) >= 11 is 0. The first kappa shape index (κ1) is 13.4. The number of nitrogens with one attached hydrogen (secondary N) is 1. The van der Waals surface area contributed by atoms with Gasteiger partial charge in [0.1, 0.15) is 11.0 Å². The normalized spacial score (nSPS) is 27.1. The molecule has 2 aliphatic heterocycles. The highest BCUT2D eigenvalue weighted by molar-refractivity contribution is 7.83. The average molecular weight is 301 g/mol. The fourth-order valence-electron chi connectivity index (χ4n) is 3.67. The molecule has 2 saturated heterocycles. The van der Waals surface area contributed by atoms with E-state index in [-0.39, 0.29) is 0 Å². The quantitative estimate of drug-likeness (QED) is 0.923. The second-order valence-corrected chi connectivity index (χ2v) is 7.31. The maximum atomic E-state index is 13.1. The number of rotatable bonds is 2. The molecule has 1 N–H and O–H groups in total. The lowest BCUT2D eigenvalue weighted by molar-refractivity contribution is 0.413. The summed E-state index contributed by atoms with van der Waals surface area (Å²) < 4.78 is 15.3. The van der Waals surface area contributed by atoms with Gasteiger partial charge in [0.2, 0.25) is 0 Å². The van der Waals surface area contributed by atoms with Crippen molar-refractivity contribution < 1.29 is 4.21 Å². The Morgan fingerprint density at radius 2 is 2.24 bits per heavy atom. The van der Waals surface area contributed by atoms with Crippen molar-refractivity contribution >= 4 is 21.8 Å². The second kappa shape index (κ2) is 5.16. The number of hydrogen-bond acceptors (Lipinski definition) is 3. The van der Waals surface area contributed by atoms with Crippen LogP contribution in [0.25, 0.3) is 10.8 Å². The number of aryl methyl sites for hydroxylation is 1. The van der Waals surface area contributed by atoms with E-state index in [1.807, 2.05) is 37.5 Å². The Hall–Kier alpha value is -1.30. The molecule has 0 amide bonds. The molecule has 21 heavy (non-hydrogen) atoms. The molecule has 2 aromatic rings. The molecule has 1 unspecified atom stereocenters. The van der Waals surface area contributed by atoms with Crippen LogP contribution in [0.1, 0.15) is 18.4 Å². The first-order valence-corrected chi connectivity index (χ1v) is 8.61. The number of benzene rings is 1. The number of hydrogen-bond donors (Lipinski definition) is 1. The summed E-state index contributed by atoms with van der Waals surface area (Å²) in [5.74, 6) is 0. The van der Waals surface area contributed by atoms with Crippen LogP contribution >= 0.6 is 0 Å². The summed E-state index contributed by atoms with van der Waals surface area (Å²) in [6.45, 7) is 4.00. The maximum absolute atomic E-state index is 13.1. The van der Waals surface area contributed by atoms with E-state index < -0.39 is 11.0 Å². The molecule has 1 aromatic carbocycles. The monoisotopic (exact) mass is 301 g/mol. The van der Waals surface area contributed by atoms with E-state index in [1.54, 1.807) is 0 Å². The van der Waals surface area contributed by atoms with Crippen molar-refractivity contribution in [1.29, 1.82) is 0 Å². The highest BCUT2D eigenvalue weighted by atomic mass is 32.2. The fourth-order valence-corrected chi connectivity index (χ4v) is 5.35. The molecule has 4 nitrogen and oxygen atoms in total. The largest absolute Gasteiger partial charge is 0.312 e. The molecular formula is C16H19N3OS. The van der Waals surface area contributed by atoms with Gasteiger partial charge in [-0.15, -0.1) is 0 Å². The standard InChI is InChI=1S/C16H19N3OS/c1-11-9-17-10-12-3-2-4-15(16(11)12)21(20)19-8-6-13-14(19)5-7-18-13/h2-4,9-10,13-14,18H,5-8H2,1H3/t13-,14-,21?/m0/s1. The van der Waals surface area contributed by atoms with E-state index >= 15 is 0 Å². The molecule has 0 spiro atoms. The highest BCUT2D eigenvalue weighted by Gasteiger charge is 2.40. The molecule has 0 bridgehead atoms. The van der Waals surface area contributed by atoms with Crippen LogP contribution in [-0.4, -0.2) is 38.7 Å². The first-order chi connectivity index (χ1) is 10.3. The second-order valence-electron chi connectivity index (χ2n) is 5.91. The molecule has 0 aliphatic carbocycles. The summed E-state index contributed by atoms with van der Waals surface area (Å²) in [5.41, 5.74) is 1.09. The van der Waals surface area contributed by atoms with Crippen LogP contribution in [0, 0.1) is 6.92 Å². The Morgan fingerprint density at radius 3 is 3.14 bits per heavy atom. The van der Waals surface area contributed by atoms with Crippen LogP contribution in [0.15, 0.2) is 35.5 Å². The summed E-state index contributed by atoms with van der Waals surface area (Å²) in [6, 6.07) is 6.97. The zero-order valence-electron chi connectivity index (χ0n) is 12.1. The number of pyridine rings is 1. The van der Waals surface area contributed by atoms with E-state index in [4.69, 9.17) is 0 Å². The van der Waals surface area contributed by atoms with Crippen molar-refractivity contribution in [2.24, 2.45) is 0 Å². The van der Waals surface area contributed by atoms with E-state index in [0.717, 1.165) is 47.2 Å². The van der Waals surface area contributed by atoms with Gasteiger partial charge in [-0.05, 0) is 37.9 Å². The van der Waals surface area contributed by atoms with Crippen LogP contribution in [0.4, 0.5) is 0 Å². The Bertz CT molecular complexity index is 712. The predicted octanol–water partition coefficient (Wildman–Crippen LogP) is 2.00. The third-order valence-corrected chi connectivity index (χ3v) is 6.27. The van der Waals surface area contributed by atoms with Gasteiger partial charge in [-0.2, -0.15) is 0 Å². The van der Waals surface area contributed by atoms with E-state index in [1.165, 1.54) is 0 Å². The van der Waals surface area contributed by atoms with Gasteiger partial charge in [0, 0.05) is 41.8 Å². The topological polar surface area (TPSA) is 45.2 Å². The molecule has 0 saturated carbocycles. The summed E-state index contributed by atoms with van der Waals surface area (Å²) in [5, 5.41) is 5.69. The van der Waals surface area contributed by atoms with Gasteiger partial charge in [-0.3, -0.25) is 4.98 Å². The van der Waals surface area contributed by atoms with Gasteiger partial charge in [-0.1, -0.05) is 12.1 Å². The van der Waals surface area contributed by atoms with Crippen molar-refractivity contribution in [3.05, 3.63) is 36.2 Å². The molecule has 2 fully saturated rings. The van der Waals surface area contributed by atoms with E-state index in [2.05, 4.69) is 14.6 Å². The summed E-state index contributed by atoms with van der Waals surface area (Å²) in [7, 11) is -1.09. The molecular weight excluding hydrogens is 282 g/mol. The Kier molecular flexibility index (Phi) is 3.28. The van der Waals surface area contributed by atoms with Crippen molar-refractivity contribution in [2.45, 2.75) is 36.7 Å². The van der Waals surface area contributed by atoms with Crippen molar-refractivity contribution in [3.8, 4) is 0 Å². The van der Waals surface area contributed by atoms with Gasteiger partial charge in [0.25, 0.3) is 0 Å². The van der Waals surface area contributed by atoms with E-state index in [9.17, 15) is 4.21 Å². The number of nitrogens with zero attached hydrogens (tertiary/aromatic N) is 2. The highest BCUT2D eigenvalue weighted by Crippen LogP contribution is 2.32. The van der Waals surface area contributed by atoms with Crippen molar-refractivity contribution in [3.63, 3.8) is 0 Å². The zero-order chi connectivity index (χ0) is 14.4. The van der Waals surface area contributed by atoms with Gasteiger partial charge in [-0.25, -0.2) is 8.51 Å². The van der Waals surface area contributed by atoms with Gasteiger partial charge >= 0.3 is 0 Å². The minimum atomic E-state index is -1.09. The predicted molar refractivity (Wildman–Crippen MR) is 84.4 cm³/mol. The Balaban J connectivity index is 1.78. The minimum absolute atomic E-state index is 0.420. The summed E-state index contributed by atoms with van der Waals surface area (Å²) in [4.78, 5) is 5.17. The van der Waals surface area contributed by atoms with Crippen molar-refractivity contribution in [2.75, 3.05) is 13.1 Å². The molecule has 0 radical (unpaired) electrons. The summed E-state index contributed by atoms with van der Waals surface area (Å²) in [6.07, 6.45) is 5.91. The van der Waals surface area contributed by atoms with Crippen LogP contribution in [0.5, 0.6) is 0 Å². The third kappa shape index (κ3) is 2.11. The molecule has 3 heterocycles.